The number of Topliss-reactive ketones (excluding diaryl/α,β-unsaturated/α-hetero) is 1. The number of carbonyl (C=O) groups is 1. The molecule has 1 aromatic heterocycles. The number of hydrogen-bond acceptors (Lipinski definition) is 3. The highest BCUT2D eigenvalue weighted by molar-refractivity contribution is 5.75. The van der Waals surface area contributed by atoms with Crippen molar-refractivity contribution in [3.05, 3.63) is 18.0 Å². The lowest BCUT2D eigenvalue weighted by atomic mass is 10.0. The number of aromatic nitrogens is 2. The van der Waals surface area contributed by atoms with Crippen LogP contribution in [0.25, 0.3) is 0 Å². The van der Waals surface area contributed by atoms with Crippen LogP contribution in [0.15, 0.2) is 12.4 Å². The molecule has 0 bridgehead atoms. The van der Waals surface area contributed by atoms with Gasteiger partial charge in [-0.05, 0) is 50.6 Å². The van der Waals surface area contributed by atoms with Crippen LogP contribution in [0.2, 0.25) is 0 Å². The summed E-state index contributed by atoms with van der Waals surface area (Å²) in [6.07, 6.45) is 10.8. The lowest BCUT2D eigenvalue weighted by Gasteiger charge is -2.32. The Kier molecular flexibility index (Phi) is 9.92. The fourth-order valence-electron chi connectivity index (χ4n) is 2.97. The maximum atomic E-state index is 10.9. The zero-order valence-corrected chi connectivity index (χ0v) is 16.4. The molecule has 2 rings (SSSR count). The number of rotatable bonds is 7. The number of ketones is 1. The molecule has 1 saturated heterocycles. The third-order valence-electron chi connectivity index (χ3n) is 4.47. The van der Waals surface area contributed by atoms with Gasteiger partial charge in [-0.1, -0.05) is 34.1 Å². The van der Waals surface area contributed by atoms with E-state index in [4.69, 9.17) is 0 Å². The molecule has 1 aliphatic heterocycles. The van der Waals surface area contributed by atoms with Gasteiger partial charge in [0.05, 0.1) is 12.2 Å². The molecule has 0 radical (unpaired) electrons. The number of unbranched alkanes of at least 4 members (excludes halogenated alkanes) is 1. The standard InChI is InChI=1S/C17H29N3O.C3H8/c1-14(2)16-12-18-20(13-16)17-7-10-19(11-8-17)9-5-4-6-15(3)21;1-3-2/h12-14,17H,4-11H2,1-3H3;3H2,1-2H3. The predicted octanol–water partition coefficient (Wildman–Crippen LogP) is 4.82. The number of hydrogen-bond donors (Lipinski definition) is 0. The Morgan fingerprint density at radius 1 is 1.25 bits per heavy atom. The van der Waals surface area contributed by atoms with Gasteiger partial charge in [-0.25, -0.2) is 0 Å². The lowest BCUT2D eigenvalue weighted by molar-refractivity contribution is -0.117. The molecule has 2 heterocycles. The second kappa shape index (κ2) is 11.4. The Morgan fingerprint density at radius 3 is 2.38 bits per heavy atom. The van der Waals surface area contributed by atoms with Crippen molar-refractivity contribution < 1.29 is 4.79 Å². The van der Waals surface area contributed by atoms with Crippen molar-refractivity contribution in [3.8, 4) is 0 Å². The largest absolute Gasteiger partial charge is 0.303 e. The molecule has 138 valence electrons. The number of carbonyl (C=O) groups excluding carboxylic acids is 1. The third kappa shape index (κ3) is 7.61. The van der Waals surface area contributed by atoms with Crippen molar-refractivity contribution in [2.45, 2.75) is 85.1 Å². The Labute approximate surface area is 148 Å². The van der Waals surface area contributed by atoms with E-state index in [1.165, 1.54) is 24.8 Å². The average molecular weight is 336 g/mol. The van der Waals surface area contributed by atoms with Gasteiger partial charge in [0.1, 0.15) is 5.78 Å². The van der Waals surface area contributed by atoms with Gasteiger partial charge in [0.25, 0.3) is 0 Å². The molecule has 24 heavy (non-hydrogen) atoms. The molecule has 0 saturated carbocycles. The van der Waals surface area contributed by atoms with Crippen LogP contribution in [0.5, 0.6) is 0 Å². The van der Waals surface area contributed by atoms with Gasteiger partial charge < -0.3 is 9.69 Å². The van der Waals surface area contributed by atoms with E-state index in [2.05, 4.69) is 48.6 Å². The van der Waals surface area contributed by atoms with E-state index in [9.17, 15) is 4.79 Å². The SMILES string of the molecule is CC(=O)CCCCN1CCC(n2cc(C(C)C)cn2)CC1.CCC. The van der Waals surface area contributed by atoms with E-state index in [-0.39, 0.29) is 0 Å². The van der Waals surface area contributed by atoms with Crippen LogP contribution >= 0.6 is 0 Å². The molecular formula is C20H37N3O. The summed E-state index contributed by atoms with van der Waals surface area (Å²) in [5, 5.41) is 4.54. The van der Waals surface area contributed by atoms with E-state index >= 15 is 0 Å². The first kappa shape index (κ1) is 20.9. The first-order valence-corrected chi connectivity index (χ1v) is 9.73. The van der Waals surface area contributed by atoms with Crippen molar-refractivity contribution in [1.82, 2.24) is 14.7 Å². The van der Waals surface area contributed by atoms with E-state index in [0.29, 0.717) is 17.7 Å². The third-order valence-corrected chi connectivity index (χ3v) is 4.47. The minimum Gasteiger partial charge on any atom is -0.303 e. The lowest BCUT2D eigenvalue weighted by Crippen LogP contribution is -2.35. The van der Waals surface area contributed by atoms with Crippen LogP contribution in [-0.4, -0.2) is 40.1 Å². The van der Waals surface area contributed by atoms with E-state index in [1.54, 1.807) is 6.92 Å². The maximum absolute atomic E-state index is 10.9. The van der Waals surface area contributed by atoms with Gasteiger partial charge in [-0.3, -0.25) is 4.68 Å². The molecule has 0 N–H and O–H groups in total. The van der Waals surface area contributed by atoms with Crippen LogP contribution in [0.4, 0.5) is 0 Å². The van der Waals surface area contributed by atoms with Crippen molar-refractivity contribution in [1.29, 1.82) is 0 Å². The number of likely N-dealkylation sites (tertiary alicyclic amines) is 1. The van der Waals surface area contributed by atoms with Crippen molar-refractivity contribution >= 4 is 5.78 Å². The Hall–Kier alpha value is -1.16. The van der Waals surface area contributed by atoms with Crippen LogP contribution in [0.3, 0.4) is 0 Å². The summed E-state index contributed by atoms with van der Waals surface area (Å²) in [4.78, 5) is 13.5. The first-order chi connectivity index (χ1) is 11.5. The number of nitrogens with zero attached hydrogens (tertiary/aromatic N) is 3. The minimum absolute atomic E-state index is 0.313. The van der Waals surface area contributed by atoms with Gasteiger partial charge in [0.2, 0.25) is 0 Å². The van der Waals surface area contributed by atoms with Crippen molar-refractivity contribution in [2.24, 2.45) is 0 Å². The summed E-state index contributed by atoms with van der Waals surface area (Å²) < 4.78 is 2.17. The summed E-state index contributed by atoms with van der Waals surface area (Å²) in [5.74, 6) is 0.869. The molecular weight excluding hydrogens is 298 g/mol. The fraction of sp³-hybridized carbons (Fsp3) is 0.800. The normalized spacial score (nSPS) is 16.1. The highest BCUT2D eigenvalue weighted by Gasteiger charge is 2.21. The summed E-state index contributed by atoms with van der Waals surface area (Å²) in [7, 11) is 0. The van der Waals surface area contributed by atoms with Gasteiger partial charge in [0, 0.05) is 25.7 Å². The average Bonchev–Trinajstić information content (AvgIpc) is 3.03. The quantitative estimate of drug-likeness (QED) is 0.671. The van der Waals surface area contributed by atoms with E-state index in [0.717, 1.165) is 38.9 Å². The smallest absolute Gasteiger partial charge is 0.129 e. The number of piperidine rings is 1. The summed E-state index contributed by atoms with van der Waals surface area (Å²) >= 11 is 0. The topological polar surface area (TPSA) is 38.1 Å². The molecule has 0 amide bonds. The van der Waals surface area contributed by atoms with Gasteiger partial charge >= 0.3 is 0 Å². The molecule has 4 heteroatoms. The zero-order chi connectivity index (χ0) is 17.9. The van der Waals surface area contributed by atoms with Crippen LogP contribution in [0.1, 0.15) is 90.7 Å². The van der Waals surface area contributed by atoms with Crippen LogP contribution in [-0.2, 0) is 4.79 Å². The zero-order valence-electron chi connectivity index (χ0n) is 16.4. The van der Waals surface area contributed by atoms with Gasteiger partial charge in [-0.2, -0.15) is 5.10 Å². The van der Waals surface area contributed by atoms with Gasteiger partial charge in [-0.15, -0.1) is 0 Å². The monoisotopic (exact) mass is 335 g/mol. The molecule has 1 aromatic rings. The second-order valence-electron chi connectivity index (χ2n) is 7.35. The van der Waals surface area contributed by atoms with Gasteiger partial charge in [0.15, 0.2) is 0 Å². The van der Waals surface area contributed by atoms with Crippen molar-refractivity contribution in [3.63, 3.8) is 0 Å². The fourth-order valence-corrected chi connectivity index (χ4v) is 2.97. The molecule has 4 nitrogen and oxygen atoms in total. The van der Waals surface area contributed by atoms with Crippen LogP contribution < -0.4 is 0 Å². The summed E-state index contributed by atoms with van der Waals surface area (Å²) in [5.41, 5.74) is 1.33. The minimum atomic E-state index is 0.313. The molecule has 0 unspecified atom stereocenters. The predicted molar refractivity (Wildman–Crippen MR) is 102 cm³/mol. The van der Waals surface area contributed by atoms with Crippen LogP contribution in [0, 0.1) is 0 Å². The van der Waals surface area contributed by atoms with E-state index < -0.39 is 0 Å². The summed E-state index contributed by atoms with van der Waals surface area (Å²) in [6, 6.07) is 0.561. The van der Waals surface area contributed by atoms with Crippen molar-refractivity contribution in [2.75, 3.05) is 19.6 Å². The summed E-state index contributed by atoms with van der Waals surface area (Å²) in [6.45, 7) is 13.8. The maximum Gasteiger partial charge on any atom is 0.129 e. The Balaban J connectivity index is 0.000000891. The highest BCUT2D eigenvalue weighted by atomic mass is 16.1. The Bertz CT molecular complexity index is 459. The highest BCUT2D eigenvalue weighted by Crippen LogP contribution is 2.24. The molecule has 0 aromatic carbocycles. The second-order valence-corrected chi connectivity index (χ2v) is 7.35. The molecule has 1 fully saturated rings. The van der Waals surface area contributed by atoms with E-state index in [1.807, 2.05) is 6.20 Å². The molecule has 0 spiro atoms. The first-order valence-electron chi connectivity index (χ1n) is 9.73. The molecule has 1 aliphatic rings. The molecule has 0 atom stereocenters. The molecule has 0 aliphatic carbocycles. The Morgan fingerprint density at radius 2 is 1.88 bits per heavy atom.